The quantitative estimate of drug-likeness (QED) is 0.113. The average molecular weight is 669 g/mol. The molecule has 2 amide bonds. The van der Waals surface area contributed by atoms with Crippen LogP contribution in [0.25, 0.3) is 0 Å². The maximum Gasteiger partial charge on any atom is 0.269 e. The number of non-ortho nitro benzene ring substituents is 1. The molecule has 5 rings (SSSR count). The van der Waals surface area contributed by atoms with Crippen LogP contribution in [0, 0.1) is 40.9 Å². The van der Waals surface area contributed by atoms with Crippen molar-refractivity contribution in [3.8, 4) is 5.75 Å². The number of ether oxygens (including phenoxy) is 1. The Morgan fingerprint density at radius 2 is 1.64 bits per heavy atom. The Kier molecular flexibility index (Phi) is 5.97. The Morgan fingerprint density at radius 1 is 1.06 bits per heavy atom. The molecule has 0 N–H and O–H groups in total. The van der Waals surface area contributed by atoms with E-state index in [1.165, 1.54) is 18.3 Å². The van der Waals surface area contributed by atoms with Crippen LogP contribution in [0.4, 0.5) is 5.69 Å². The van der Waals surface area contributed by atoms with Gasteiger partial charge in [-0.25, -0.2) is 0 Å². The number of hydrazone groups is 1. The molecule has 2 aliphatic carbocycles. The second kappa shape index (κ2) is 8.78. The number of hydrogen-bond donors (Lipinski definition) is 0. The van der Waals surface area contributed by atoms with Gasteiger partial charge in [-0.2, -0.15) is 10.1 Å². The molecule has 1 heterocycles. The van der Waals surface area contributed by atoms with Crippen molar-refractivity contribution in [3.63, 3.8) is 0 Å². The topological polar surface area (TPSA) is 102 Å². The van der Waals surface area contributed by atoms with Crippen LogP contribution in [0.3, 0.4) is 0 Å². The molecule has 2 bridgehead atoms. The number of nitro groups is 1. The number of allylic oxidation sites excluding steroid dienone is 2. The molecule has 0 spiro atoms. The molecule has 1 saturated carbocycles. The average Bonchev–Trinajstić information content (AvgIpc) is 3.46. The van der Waals surface area contributed by atoms with Crippen molar-refractivity contribution in [2.75, 3.05) is 0 Å². The minimum atomic E-state index is -0.437. The molecule has 2 fully saturated rings. The van der Waals surface area contributed by atoms with Gasteiger partial charge in [0.15, 0.2) is 0 Å². The summed E-state index contributed by atoms with van der Waals surface area (Å²) in [5.41, 5.74) is 1.61. The first-order chi connectivity index (χ1) is 15.8. The minimum Gasteiger partial charge on any atom is -0.487 e. The molecule has 168 valence electrons. The molecule has 2 aromatic carbocycles. The third-order valence-corrected chi connectivity index (χ3v) is 7.92. The first-order valence-electron chi connectivity index (χ1n) is 10.3. The lowest BCUT2D eigenvalue weighted by molar-refractivity contribution is -0.384. The van der Waals surface area contributed by atoms with Crippen molar-refractivity contribution in [1.29, 1.82) is 0 Å². The molecule has 8 nitrogen and oxygen atoms in total. The van der Waals surface area contributed by atoms with E-state index in [0.717, 1.165) is 29.7 Å². The van der Waals surface area contributed by atoms with E-state index in [1.54, 1.807) is 12.1 Å². The zero-order chi connectivity index (χ0) is 23.3. The van der Waals surface area contributed by atoms with Gasteiger partial charge in [0.25, 0.3) is 17.5 Å². The first kappa shape index (κ1) is 22.4. The van der Waals surface area contributed by atoms with Crippen LogP contribution in [0.5, 0.6) is 5.75 Å². The van der Waals surface area contributed by atoms with Crippen LogP contribution in [0.15, 0.2) is 53.7 Å². The second-order valence-electron chi connectivity index (χ2n) is 8.26. The van der Waals surface area contributed by atoms with Gasteiger partial charge in [-0.05, 0) is 98.8 Å². The lowest BCUT2D eigenvalue weighted by atomic mass is 9.85. The van der Waals surface area contributed by atoms with E-state index in [2.05, 4.69) is 62.4 Å². The number of rotatable bonds is 6. The van der Waals surface area contributed by atoms with E-state index in [4.69, 9.17) is 4.74 Å². The van der Waals surface area contributed by atoms with Crippen molar-refractivity contribution < 1.29 is 19.2 Å². The molecular weight excluding hydrogens is 652 g/mol. The number of carbonyl (C=O) groups excluding carboxylic acids is 2. The Labute approximate surface area is 216 Å². The number of halogens is 2. The van der Waals surface area contributed by atoms with E-state index in [9.17, 15) is 19.7 Å². The molecular formula is C23H17I2N3O5. The highest BCUT2D eigenvalue weighted by Crippen LogP contribution is 2.52. The Balaban J connectivity index is 1.28. The highest BCUT2D eigenvalue weighted by Gasteiger charge is 2.59. The van der Waals surface area contributed by atoms with Crippen molar-refractivity contribution in [2.45, 2.75) is 13.0 Å². The van der Waals surface area contributed by atoms with Crippen molar-refractivity contribution >= 4 is 68.9 Å². The van der Waals surface area contributed by atoms with E-state index >= 15 is 0 Å². The summed E-state index contributed by atoms with van der Waals surface area (Å²) in [6, 6.07) is 9.97. The van der Waals surface area contributed by atoms with Crippen LogP contribution < -0.4 is 4.74 Å². The number of fused-ring (bicyclic) bond motifs is 5. The highest BCUT2D eigenvalue weighted by atomic mass is 127. The van der Waals surface area contributed by atoms with Gasteiger partial charge in [-0.1, -0.05) is 12.2 Å². The van der Waals surface area contributed by atoms with Crippen molar-refractivity contribution in [2.24, 2.45) is 28.8 Å². The molecule has 10 heteroatoms. The molecule has 3 aliphatic rings. The second-order valence-corrected chi connectivity index (χ2v) is 10.6. The molecule has 4 atom stereocenters. The first-order valence-corrected chi connectivity index (χ1v) is 12.4. The minimum absolute atomic E-state index is 0.0362. The number of nitro benzene ring substituents is 1. The maximum absolute atomic E-state index is 12.8. The number of carbonyl (C=O) groups is 2. The summed E-state index contributed by atoms with van der Waals surface area (Å²) in [6.07, 6.45) is 6.55. The summed E-state index contributed by atoms with van der Waals surface area (Å²) < 4.78 is 7.64. The fourth-order valence-electron chi connectivity index (χ4n) is 4.79. The summed E-state index contributed by atoms with van der Waals surface area (Å²) in [5, 5.41) is 16.1. The molecule has 1 saturated heterocycles. The van der Waals surface area contributed by atoms with E-state index in [1.807, 2.05) is 12.1 Å². The normalized spacial score (nSPS) is 25.3. The van der Waals surface area contributed by atoms with Crippen LogP contribution in [0.1, 0.15) is 17.5 Å². The molecule has 2 aromatic rings. The Hall–Kier alpha value is -2.35. The summed E-state index contributed by atoms with van der Waals surface area (Å²) in [5.74, 6) is 0.0741. The fourth-order valence-corrected chi connectivity index (χ4v) is 6.91. The number of hydrogen-bond acceptors (Lipinski definition) is 6. The standard InChI is InChI=1S/C23H17I2N3O5/c24-17-7-13(8-18(25)21(17)33-11-12-1-5-16(6-2-12)28(31)32)10-26-27-22(29)19-14-3-4-15(9-14)20(19)23(27)30/h1-8,10,14-15,19-20H,9,11H2/b26-10-/t14-,15-,19+,20+/m0/s1. The van der Waals surface area contributed by atoms with Gasteiger partial charge in [0.1, 0.15) is 12.4 Å². The van der Waals surface area contributed by atoms with Gasteiger partial charge in [0, 0.05) is 12.1 Å². The zero-order valence-corrected chi connectivity index (χ0v) is 21.4. The summed E-state index contributed by atoms with van der Waals surface area (Å²) in [4.78, 5) is 35.9. The number of nitrogens with zero attached hydrogens (tertiary/aromatic N) is 3. The van der Waals surface area contributed by atoms with Gasteiger partial charge in [0.05, 0.1) is 30.1 Å². The van der Waals surface area contributed by atoms with Gasteiger partial charge in [0.2, 0.25) is 0 Å². The third-order valence-electron chi connectivity index (χ3n) is 6.32. The smallest absolute Gasteiger partial charge is 0.269 e. The Morgan fingerprint density at radius 3 is 2.18 bits per heavy atom. The third kappa shape index (κ3) is 4.07. The molecule has 0 aromatic heterocycles. The Bertz CT molecular complexity index is 1170. The van der Waals surface area contributed by atoms with Gasteiger partial charge >= 0.3 is 0 Å². The van der Waals surface area contributed by atoms with E-state index in [0.29, 0.717) is 5.75 Å². The van der Waals surface area contributed by atoms with Crippen molar-refractivity contribution in [1.82, 2.24) is 5.01 Å². The monoisotopic (exact) mass is 669 g/mol. The lowest BCUT2D eigenvalue weighted by Crippen LogP contribution is -2.28. The van der Waals surface area contributed by atoms with Crippen LogP contribution in [-0.2, 0) is 16.2 Å². The number of amides is 2. The number of imide groups is 1. The lowest BCUT2D eigenvalue weighted by Gasteiger charge is -2.13. The fraction of sp³-hybridized carbons (Fsp3) is 0.261. The molecule has 1 aliphatic heterocycles. The van der Waals surface area contributed by atoms with Crippen LogP contribution in [0.2, 0.25) is 0 Å². The summed E-state index contributed by atoms with van der Waals surface area (Å²) in [6.45, 7) is 0.271. The molecule has 33 heavy (non-hydrogen) atoms. The SMILES string of the molecule is O=C1[C@H]2[C@H](C(=O)N1/N=C\c1cc(I)c(OCc3ccc([N+](=O)[O-])cc3)c(I)c1)[C@H]1C=C[C@H]2C1. The van der Waals surface area contributed by atoms with E-state index in [-0.39, 0.29) is 47.8 Å². The predicted molar refractivity (Wildman–Crippen MR) is 136 cm³/mol. The molecule has 0 unspecified atom stereocenters. The maximum atomic E-state index is 12.8. The summed E-state index contributed by atoms with van der Waals surface area (Å²) >= 11 is 4.33. The van der Waals surface area contributed by atoms with Crippen LogP contribution >= 0.6 is 45.2 Å². The van der Waals surface area contributed by atoms with Crippen molar-refractivity contribution in [3.05, 3.63) is 76.9 Å². The van der Waals surface area contributed by atoms with Crippen LogP contribution in [-0.4, -0.2) is 28.0 Å². The van der Waals surface area contributed by atoms with Gasteiger partial charge in [-0.15, -0.1) is 0 Å². The highest BCUT2D eigenvalue weighted by molar-refractivity contribution is 14.1. The van der Waals surface area contributed by atoms with E-state index < -0.39 is 4.92 Å². The largest absolute Gasteiger partial charge is 0.487 e. The summed E-state index contributed by atoms with van der Waals surface area (Å²) in [7, 11) is 0. The van der Waals surface area contributed by atoms with Gasteiger partial charge in [-0.3, -0.25) is 19.7 Å². The number of benzene rings is 2. The zero-order valence-electron chi connectivity index (χ0n) is 17.1. The predicted octanol–water partition coefficient (Wildman–Crippen LogP) is 4.52. The van der Waals surface area contributed by atoms with Gasteiger partial charge < -0.3 is 4.74 Å². The molecule has 0 radical (unpaired) electrons.